The predicted molar refractivity (Wildman–Crippen MR) is 66.9 cm³/mol. The van der Waals surface area contributed by atoms with Crippen molar-refractivity contribution in [2.24, 2.45) is 5.73 Å². The van der Waals surface area contributed by atoms with Gasteiger partial charge in [-0.2, -0.15) is 11.8 Å². The highest BCUT2D eigenvalue weighted by Gasteiger charge is 2.03. The quantitative estimate of drug-likeness (QED) is 0.777. The van der Waals surface area contributed by atoms with E-state index in [1.165, 1.54) is 5.69 Å². The molecule has 1 heterocycles. The Balaban J connectivity index is 2.33. The first kappa shape index (κ1) is 12.6. The molecule has 1 rings (SSSR count). The minimum absolute atomic E-state index is 0.331. The van der Waals surface area contributed by atoms with Crippen molar-refractivity contribution in [2.75, 3.05) is 5.75 Å². The van der Waals surface area contributed by atoms with Crippen LogP contribution in [0.1, 0.15) is 32.4 Å². The number of nitrogens with zero attached hydrogens (tertiary/aromatic N) is 2. The molecule has 0 saturated carbocycles. The van der Waals surface area contributed by atoms with Crippen molar-refractivity contribution in [1.82, 2.24) is 9.55 Å². The normalized spacial score (nSPS) is 13.0. The highest BCUT2D eigenvalue weighted by molar-refractivity contribution is 7.98. The molecule has 0 amide bonds. The van der Waals surface area contributed by atoms with Gasteiger partial charge in [0.25, 0.3) is 0 Å². The maximum atomic E-state index is 5.87. The van der Waals surface area contributed by atoms with Gasteiger partial charge in [0.05, 0.1) is 6.33 Å². The molecule has 86 valence electrons. The van der Waals surface area contributed by atoms with Gasteiger partial charge in [0.2, 0.25) is 0 Å². The minimum atomic E-state index is 0.331. The predicted octanol–water partition coefficient (Wildman–Crippen LogP) is 2.26. The number of thioether (sulfide) groups is 1. The zero-order valence-corrected chi connectivity index (χ0v) is 10.5. The lowest BCUT2D eigenvalue weighted by Gasteiger charge is -2.09. The zero-order valence-electron chi connectivity index (χ0n) is 9.65. The summed E-state index contributed by atoms with van der Waals surface area (Å²) in [5, 5.41) is 0. The molecule has 0 bridgehead atoms. The lowest BCUT2D eigenvalue weighted by atomic mass is 10.3. The Bertz CT molecular complexity index is 273. The lowest BCUT2D eigenvalue weighted by molar-refractivity contribution is 0.659. The molecule has 0 aliphatic heterocycles. The minimum Gasteiger partial charge on any atom is -0.334 e. The van der Waals surface area contributed by atoms with Gasteiger partial charge in [-0.25, -0.2) is 4.98 Å². The van der Waals surface area contributed by atoms with Crippen LogP contribution in [0.5, 0.6) is 0 Å². The van der Waals surface area contributed by atoms with Gasteiger partial charge in [0.1, 0.15) is 0 Å². The van der Waals surface area contributed by atoms with Crippen molar-refractivity contribution in [2.45, 2.75) is 45.0 Å². The summed E-state index contributed by atoms with van der Waals surface area (Å²) in [5.41, 5.74) is 7.18. The van der Waals surface area contributed by atoms with Gasteiger partial charge in [-0.15, -0.1) is 0 Å². The van der Waals surface area contributed by atoms with E-state index < -0.39 is 0 Å². The molecule has 0 saturated heterocycles. The summed E-state index contributed by atoms with van der Waals surface area (Å²) in [6.45, 7) is 5.38. The Morgan fingerprint density at radius 3 is 3.00 bits per heavy atom. The van der Waals surface area contributed by atoms with Crippen molar-refractivity contribution in [3.8, 4) is 0 Å². The average molecular weight is 227 g/mol. The van der Waals surface area contributed by atoms with Crippen LogP contribution in [-0.2, 0) is 12.3 Å². The molecule has 0 aliphatic rings. The molecule has 0 radical (unpaired) electrons. The third-order valence-electron chi connectivity index (χ3n) is 2.37. The third-order valence-corrected chi connectivity index (χ3v) is 3.53. The second-order valence-electron chi connectivity index (χ2n) is 3.76. The largest absolute Gasteiger partial charge is 0.334 e. The first-order chi connectivity index (χ1) is 7.27. The fraction of sp³-hybridized carbons (Fsp3) is 0.727. The number of hydrogen-bond donors (Lipinski definition) is 1. The van der Waals surface area contributed by atoms with Crippen molar-refractivity contribution < 1.29 is 0 Å². The van der Waals surface area contributed by atoms with Crippen LogP contribution in [0, 0.1) is 0 Å². The molecule has 1 atom stereocenters. The van der Waals surface area contributed by atoms with Gasteiger partial charge in [-0.05, 0) is 12.8 Å². The van der Waals surface area contributed by atoms with E-state index in [2.05, 4.69) is 23.4 Å². The molecule has 0 spiro atoms. The summed E-state index contributed by atoms with van der Waals surface area (Å²) in [5.74, 6) is 2.06. The maximum absolute atomic E-state index is 5.87. The van der Waals surface area contributed by atoms with Crippen LogP contribution in [0.2, 0.25) is 0 Å². The highest BCUT2D eigenvalue weighted by atomic mass is 32.2. The first-order valence-electron chi connectivity index (χ1n) is 5.60. The molecule has 15 heavy (non-hydrogen) atoms. The second kappa shape index (κ2) is 6.90. The van der Waals surface area contributed by atoms with Crippen LogP contribution in [0.3, 0.4) is 0 Å². The molecule has 1 unspecified atom stereocenters. The molecule has 4 heteroatoms. The second-order valence-corrected chi connectivity index (χ2v) is 4.79. The topological polar surface area (TPSA) is 43.8 Å². The molecule has 0 aromatic carbocycles. The summed E-state index contributed by atoms with van der Waals surface area (Å²) >= 11 is 1.90. The lowest BCUT2D eigenvalue weighted by Crippen LogP contribution is -2.21. The molecule has 0 fully saturated rings. The van der Waals surface area contributed by atoms with Gasteiger partial charge in [-0.1, -0.05) is 13.8 Å². The van der Waals surface area contributed by atoms with Crippen LogP contribution in [-0.4, -0.2) is 21.3 Å². The maximum Gasteiger partial charge on any atom is 0.0948 e. The van der Waals surface area contributed by atoms with Gasteiger partial charge >= 0.3 is 0 Å². The summed E-state index contributed by atoms with van der Waals surface area (Å²) < 4.78 is 2.23. The Kier molecular flexibility index (Phi) is 5.79. The van der Waals surface area contributed by atoms with E-state index in [-0.39, 0.29) is 0 Å². The molecule has 3 nitrogen and oxygen atoms in total. The Hall–Kier alpha value is -0.480. The van der Waals surface area contributed by atoms with Crippen molar-refractivity contribution in [3.05, 3.63) is 18.2 Å². The van der Waals surface area contributed by atoms with Crippen molar-refractivity contribution >= 4 is 11.8 Å². The Labute approximate surface area is 96.5 Å². The van der Waals surface area contributed by atoms with Gasteiger partial charge in [0.15, 0.2) is 0 Å². The van der Waals surface area contributed by atoms with Crippen LogP contribution < -0.4 is 5.73 Å². The van der Waals surface area contributed by atoms with E-state index in [1.54, 1.807) is 0 Å². The van der Waals surface area contributed by atoms with E-state index in [0.717, 1.165) is 30.9 Å². The monoisotopic (exact) mass is 227 g/mol. The summed E-state index contributed by atoms with van der Waals surface area (Å²) in [6.07, 6.45) is 6.09. The molecule has 1 aromatic rings. The SMILES string of the molecule is CCCn1cncc1CSCC(N)CC. The Morgan fingerprint density at radius 2 is 2.33 bits per heavy atom. The summed E-state index contributed by atoms with van der Waals surface area (Å²) in [7, 11) is 0. The molecule has 0 aliphatic carbocycles. The van der Waals surface area contributed by atoms with Crippen molar-refractivity contribution in [1.29, 1.82) is 0 Å². The van der Waals surface area contributed by atoms with E-state index in [4.69, 9.17) is 5.73 Å². The molecular weight excluding hydrogens is 206 g/mol. The van der Waals surface area contributed by atoms with Crippen molar-refractivity contribution in [3.63, 3.8) is 0 Å². The van der Waals surface area contributed by atoms with E-state index in [9.17, 15) is 0 Å². The fourth-order valence-electron chi connectivity index (χ4n) is 1.34. The first-order valence-corrected chi connectivity index (χ1v) is 6.75. The molecule has 2 N–H and O–H groups in total. The van der Waals surface area contributed by atoms with E-state index in [1.807, 2.05) is 24.3 Å². The Morgan fingerprint density at radius 1 is 1.53 bits per heavy atom. The number of hydrogen-bond acceptors (Lipinski definition) is 3. The number of aryl methyl sites for hydroxylation is 1. The highest BCUT2D eigenvalue weighted by Crippen LogP contribution is 2.13. The number of imidazole rings is 1. The third kappa shape index (κ3) is 4.26. The average Bonchev–Trinajstić information content (AvgIpc) is 2.66. The fourth-order valence-corrected chi connectivity index (χ4v) is 2.45. The zero-order chi connectivity index (χ0) is 11.1. The smallest absolute Gasteiger partial charge is 0.0948 e. The summed E-state index contributed by atoms with van der Waals surface area (Å²) in [6, 6.07) is 0.331. The van der Waals surface area contributed by atoms with E-state index >= 15 is 0 Å². The summed E-state index contributed by atoms with van der Waals surface area (Å²) in [4.78, 5) is 4.18. The number of rotatable bonds is 7. The van der Waals surface area contributed by atoms with Gasteiger partial charge in [-0.3, -0.25) is 0 Å². The molecular formula is C11H21N3S. The van der Waals surface area contributed by atoms with Gasteiger partial charge in [0, 0.05) is 36.0 Å². The van der Waals surface area contributed by atoms with Gasteiger partial charge < -0.3 is 10.3 Å². The van der Waals surface area contributed by atoms with E-state index in [0.29, 0.717) is 6.04 Å². The standard InChI is InChI=1S/C11H21N3S/c1-3-5-14-9-13-6-11(14)8-15-7-10(12)4-2/h6,9-10H,3-5,7-8,12H2,1-2H3. The van der Waals surface area contributed by atoms with Crippen LogP contribution in [0.15, 0.2) is 12.5 Å². The van der Waals surface area contributed by atoms with Crippen LogP contribution in [0.25, 0.3) is 0 Å². The molecule has 1 aromatic heterocycles. The van der Waals surface area contributed by atoms with Crippen LogP contribution >= 0.6 is 11.8 Å². The number of aromatic nitrogens is 2. The number of nitrogens with two attached hydrogens (primary N) is 1. The van der Waals surface area contributed by atoms with Crippen LogP contribution in [0.4, 0.5) is 0 Å².